The number of nitrogens with one attached hydrogen (secondary N) is 1. The van der Waals surface area contributed by atoms with Crippen molar-refractivity contribution in [2.75, 3.05) is 25.1 Å². The second kappa shape index (κ2) is 9.76. The van der Waals surface area contributed by atoms with Crippen molar-refractivity contribution in [1.82, 2.24) is 5.32 Å². The van der Waals surface area contributed by atoms with Crippen molar-refractivity contribution in [3.8, 4) is 5.75 Å². The Labute approximate surface area is 161 Å². The highest BCUT2D eigenvalue weighted by Crippen LogP contribution is 2.27. The average Bonchev–Trinajstić information content (AvgIpc) is 2.70. The fourth-order valence-electron chi connectivity index (χ4n) is 3.20. The van der Waals surface area contributed by atoms with Crippen LogP contribution in [0, 0.1) is 0 Å². The number of hydrogen-bond acceptors (Lipinski definition) is 3. The standard InChI is InChI=1S/C22H28N2O3/c1-5-17-10-9-11-18(6-2)21(17)24(16(3)25)15-14-23-22(26)19-12-7-8-13-20(19)27-4/h7-13H,5-6,14-15H2,1-4H3,(H,23,26). The van der Waals surface area contributed by atoms with Gasteiger partial charge in [0.2, 0.25) is 5.91 Å². The van der Waals surface area contributed by atoms with Crippen LogP contribution in [0.5, 0.6) is 5.75 Å². The number of anilines is 1. The highest BCUT2D eigenvalue weighted by molar-refractivity contribution is 5.97. The number of aryl methyl sites for hydroxylation is 2. The molecular formula is C22H28N2O3. The number of para-hydroxylation sites is 2. The molecule has 2 aromatic carbocycles. The first-order valence-electron chi connectivity index (χ1n) is 9.33. The summed E-state index contributed by atoms with van der Waals surface area (Å²) >= 11 is 0. The van der Waals surface area contributed by atoms with Gasteiger partial charge in [0, 0.05) is 20.0 Å². The van der Waals surface area contributed by atoms with E-state index in [1.807, 2.05) is 12.1 Å². The summed E-state index contributed by atoms with van der Waals surface area (Å²) in [6, 6.07) is 13.2. The van der Waals surface area contributed by atoms with Crippen LogP contribution in [-0.2, 0) is 17.6 Å². The second-order valence-corrected chi connectivity index (χ2v) is 6.26. The maximum atomic E-state index is 12.5. The summed E-state index contributed by atoms with van der Waals surface area (Å²) in [6.45, 7) is 6.51. The molecule has 0 heterocycles. The molecule has 0 aliphatic rings. The van der Waals surface area contributed by atoms with E-state index in [9.17, 15) is 9.59 Å². The predicted molar refractivity (Wildman–Crippen MR) is 109 cm³/mol. The molecule has 0 aromatic heterocycles. The van der Waals surface area contributed by atoms with Gasteiger partial charge in [-0.15, -0.1) is 0 Å². The van der Waals surface area contributed by atoms with Gasteiger partial charge in [0.15, 0.2) is 0 Å². The third kappa shape index (κ3) is 4.88. The molecule has 2 amide bonds. The zero-order valence-electron chi connectivity index (χ0n) is 16.5. The van der Waals surface area contributed by atoms with E-state index in [1.165, 1.54) is 7.11 Å². The van der Waals surface area contributed by atoms with Crippen LogP contribution in [0.2, 0.25) is 0 Å². The highest BCUT2D eigenvalue weighted by atomic mass is 16.5. The van der Waals surface area contributed by atoms with Crippen LogP contribution < -0.4 is 15.0 Å². The van der Waals surface area contributed by atoms with Crippen LogP contribution in [0.4, 0.5) is 5.69 Å². The lowest BCUT2D eigenvalue weighted by atomic mass is 10.0. The molecular weight excluding hydrogens is 340 g/mol. The van der Waals surface area contributed by atoms with Gasteiger partial charge in [0.25, 0.3) is 5.91 Å². The van der Waals surface area contributed by atoms with Crippen LogP contribution in [0.3, 0.4) is 0 Å². The summed E-state index contributed by atoms with van der Waals surface area (Å²) in [5.74, 6) is 0.288. The molecule has 0 radical (unpaired) electrons. The summed E-state index contributed by atoms with van der Waals surface area (Å²) < 4.78 is 5.24. The van der Waals surface area contributed by atoms with Crippen molar-refractivity contribution >= 4 is 17.5 Å². The maximum absolute atomic E-state index is 12.5. The first-order valence-corrected chi connectivity index (χ1v) is 9.33. The molecule has 0 saturated carbocycles. The van der Waals surface area contributed by atoms with Crippen LogP contribution in [0.1, 0.15) is 42.3 Å². The molecule has 5 heteroatoms. The number of nitrogens with zero attached hydrogens (tertiary/aromatic N) is 1. The normalized spacial score (nSPS) is 10.4. The summed E-state index contributed by atoms with van der Waals surface area (Å²) in [4.78, 5) is 26.5. The highest BCUT2D eigenvalue weighted by Gasteiger charge is 2.18. The van der Waals surface area contributed by atoms with E-state index in [4.69, 9.17) is 4.74 Å². The second-order valence-electron chi connectivity index (χ2n) is 6.26. The van der Waals surface area contributed by atoms with Gasteiger partial charge in [-0.2, -0.15) is 0 Å². The number of benzene rings is 2. The average molecular weight is 368 g/mol. The Morgan fingerprint density at radius 2 is 1.63 bits per heavy atom. The molecule has 0 spiro atoms. The molecule has 0 unspecified atom stereocenters. The summed E-state index contributed by atoms with van der Waals surface area (Å²) in [5.41, 5.74) is 3.74. The third-order valence-corrected chi connectivity index (χ3v) is 4.59. The van der Waals surface area contributed by atoms with E-state index in [2.05, 4.69) is 31.3 Å². The molecule has 0 bridgehead atoms. The van der Waals surface area contributed by atoms with Gasteiger partial charge in [-0.3, -0.25) is 9.59 Å². The smallest absolute Gasteiger partial charge is 0.255 e. The molecule has 27 heavy (non-hydrogen) atoms. The fraction of sp³-hybridized carbons (Fsp3) is 0.364. The Balaban J connectivity index is 2.15. The lowest BCUT2D eigenvalue weighted by Crippen LogP contribution is -2.38. The van der Waals surface area contributed by atoms with Gasteiger partial charge in [-0.1, -0.05) is 44.2 Å². The van der Waals surface area contributed by atoms with E-state index < -0.39 is 0 Å². The van der Waals surface area contributed by atoms with E-state index in [-0.39, 0.29) is 11.8 Å². The number of rotatable bonds is 8. The molecule has 2 rings (SSSR count). The Morgan fingerprint density at radius 3 is 2.19 bits per heavy atom. The Kier molecular flexibility index (Phi) is 7.41. The number of ether oxygens (including phenoxy) is 1. The van der Waals surface area contributed by atoms with E-state index in [0.29, 0.717) is 24.4 Å². The van der Waals surface area contributed by atoms with Gasteiger partial charge in [-0.05, 0) is 36.1 Å². The number of methoxy groups -OCH3 is 1. The van der Waals surface area contributed by atoms with E-state index in [1.54, 1.807) is 30.0 Å². The van der Waals surface area contributed by atoms with Gasteiger partial charge >= 0.3 is 0 Å². The van der Waals surface area contributed by atoms with Gasteiger partial charge in [-0.25, -0.2) is 0 Å². The quantitative estimate of drug-likeness (QED) is 0.774. The lowest BCUT2D eigenvalue weighted by molar-refractivity contribution is -0.116. The molecule has 1 N–H and O–H groups in total. The topological polar surface area (TPSA) is 58.6 Å². The minimum Gasteiger partial charge on any atom is -0.496 e. The predicted octanol–water partition coefficient (Wildman–Crippen LogP) is 3.60. The number of carbonyl (C=O) groups excluding carboxylic acids is 2. The summed E-state index contributed by atoms with van der Waals surface area (Å²) in [5, 5.41) is 2.89. The Hall–Kier alpha value is -2.82. The first-order chi connectivity index (χ1) is 13.0. The fourth-order valence-corrected chi connectivity index (χ4v) is 3.20. The molecule has 2 aromatic rings. The third-order valence-electron chi connectivity index (χ3n) is 4.59. The lowest BCUT2D eigenvalue weighted by Gasteiger charge is -2.26. The molecule has 0 aliphatic heterocycles. The zero-order valence-corrected chi connectivity index (χ0v) is 16.5. The monoisotopic (exact) mass is 368 g/mol. The molecule has 144 valence electrons. The van der Waals surface area contributed by atoms with E-state index in [0.717, 1.165) is 29.7 Å². The number of amides is 2. The first kappa shape index (κ1) is 20.5. The van der Waals surface area contributed by atoms with Crippen LogP contribution >= 0.6 is 0 Å². The van der Waals surface area contributed by atoms with Crippen molar-refractivity contribution < 1.29 is 14.3 Å². The van der Waals surface area contributed by atoms with Crippen LogP contribution in [0.15, 0.2) is 42.5 Å². The van der Waals surface area contributed by atoms with Crippen LogP contribution in [-0.4, -0.2) is 32.0 Å². The molecule has 0 atom stereocenters. The van der Waals surface area contributed by atoms with Crippen molar-refractivity contribution in [2.24, 2.45) is 0 Å². The Morgan fingerprint density at radius 1 is 1.00 bits per heavy atom. The summed E-state index contributed by atoms with van der Waals surface area (Å²) in [7, 11) is 1.54. The minimum atomic E-state index is -0.213. The van der Waals surface area contributed by atoms with Gasteiger partial charge in [0.1, 0.15) is 5.75 Å². The van der Waals surface area contributed by atoms with Crippen molar-refractivity contribution in [3.05, 3.63) is 59.2 Å². The summed E-state index contributed by atoms with van der Waals surface area (Å²) in [6.07, 6.45) is 1.70. The molecule has 0 aliphatic carbocycles. The van der Waals surface area contributed by atoms with E-state index >= 15 is 0 Å². The maximum Gasteiger partial charge on any atom is 0.255 e. The number of carbonyl (C=O) groups is 2. The molecule has 0 fully saturated rings. The SMILES string of the molecule is CCc1cccc(CC)c1N(CCNC(=O)c1ccccc1OC)C(C)=O. The Bertz CT molecular complexity index is 780. The van der Waals surface area contributed by atoms with Crippen LogP contribution in [0.25, 0.3) is 0 Å². The zero-order chi connectivity index (χ0) is 19.8. The number of hydrogen-bond donors (Lipinski definition) is 1. The largest absolute Gasteiger partial charge is 0.496 e. The molecule has 0 saturated heterocycles. The molecule has 5 nitrogen and oxygen atoms in total. The van der Waals surface area contributed by atoms with Crippen molar-refractivity contribution in [1.29, 1.82) is 0 Å². The minimum absolute atomic E-state index is 0.0304. The van der Waals surface area contributed by atoms with Gasteiger partial charge in [0.05, 0.1) is 18.4 Å². The van der Waals surface area contributed by atoms with Crippen molar-refractivity contribution in [3.63, 3.8) is 0 Å². The van der Waals surface area contributed by atoms with Crippen molar-refractivity contribution in [2.45, 2.75) is 33.6 Å². The van der Waals surface area contributed by atoms with Gasteiger partial charge < -0.3 is 15.0 Å².